The largest absolute Gasteiger partial charge is 0.497 e. The highest BCUT2D eigenvalue weighted by Gasteiger charge is 2.32. The topological polar surface area (TPSA) is 67.9 Å². The number of methoxy groups -OCH3 is 2. The van der Waals surface area contributed by atoms with Crippen LogP contribution < -0.4 is 19.7 Å². The number of hydrogen-bond acceptors (Lipinski definition) is 4. The lowest BCUT2D eigenvalue weighted by Gasteiger charge is -2.17. The summed E-state index contributed by atoms with van der Waals surface area (Å²) in [6.45, 7) is 0.451. The van der Waals surface area contributed by atoms with E-state index >= 15 is 0 Å². The van der Waals surface area contributed by atoms with Crippen LogP contribution >= 0.6 is 0 Å². The molecule has 0 saturated carbocycles. The molecule has 0 bridgehead atoms. The summed E-state index contributed by atoms with van der Waals surface area (Å²) in [7, 11) is 3.05. The number of nitrogens with zero attached hydrogens (tertiary/aromatic N) is 1. The van der Waals surface area contributed by atoms with Crippen LogP contribution in [0, 0.1) is 0 Å². The maximum atomic E-state index is 12.6. The first-order chi connectivity index (χ1) is 12.1. The molecule has 0 aliphatic carbocycles. The lowest BCUT2D eigenvalue weighted by Crippen LogP contribution is -2.37. The van der Waals surface area contributed by atoms with Crippen molar-refractivity contribution in [2.24, 2.45) is 0 Å². The Labute approximate surface area is 146 Å². The van der Waals surface area contributed by atoms with Crippen LogP contribution in [-0.2, 0) is 4.79 Å². The maximum Gasteiger partial charge on any atom is 0.255 e. The Morgan fingerprint density at radius 3 is 2.56 bits per heavy atom. The standard InChI is InChI=1S/C19H20N2O4/c1-24-15-8-9-16(17(11-15)25-2)19(23)20-13-10-18(22)21(12-13)14-6-4-3-5-7-14/h3-9,11,13H,10,12H2,1-2H3,(H,20,23)/t13-/m1/s1. The molecule has 25 heavy (non-hydrogen) atoms. The SMILES string of the molecule is COc1ccc(C(=O)N[C@@H]2CC(=O)N(c3ccccc3)C2)c(OC)c1. The molecule has 6 heteroatoms. The third-order valence-corrected chi connectivity index (χ3v) is 4.18. The molecule has 3 rings (SSSR count). The molecule has 0 radical (unpaired) electrons. The van der Waals surface area contributed by atoms with Crippen molar-refractivity contribution in [3.8, 4) is 11.5 Å². The van der Waals surface area contributed by atoms with E-state index in [1.807, 2.05) is 30.3 Å². The number of hydrogen-bond donors (Lipinski definition) is 1. The molecular formula is C19H20N2O4. The number of anilines is 1. The number of nitrogens with one attached hydrogen (secondary N) is 1. The molecule has 130 valence electrons. The third-order valence-electron chi connectivity index (χ3n) is 4.18. The van der Waals surface area contributed by atoms with Gasteiger partial charge in [0.25, 0.3) is 5.91 Å². The summed E-state index contributed by atoms with van der Waals surface area (Å²) < 4.78 is 10.4. The van der Waals surface area contributed by atoms with Crippen LogP contribution in [0.2, 0.25) is 0 Å². The number of para-hydroxylation sites is 1. The Morgan fingerprint density at radius 1 is 1.12 bits per heavy atom. The number of carbonyl (C=O) groups excluding carboxylic acids is 2. The normalized spacial score (nSPS) is 16.6. The summed E-state index contributed by atoms with van der Waals surface area (Å²) in [4.78, 5) is 26.5. The van der Waals surface area contributed by atoms with E-state index in [4.69, 9.17) is 9.47 Å². The molecular weight excluding hydrogens is 320 g/mol. The molecule has 0 aromatic heterocycles. The summed E-state index contributed by atoms with van der Waals surface area (Å²) in [5.74, 6) is 0.770. The molecule has 1 aliphatic rings. The van der Waals surface area contributed by atoms with Crippen molar-refractivity contribution >= 4 is 17.5 Å². The van der Waals surface area contributed by atoms with Crippen LogP contribution in [0.25, 0.3) is 0 Å². The van der Waals surface area contributed by atoms with E-state index in [1.54, 1.807) is 30.2 Å². The Morgan fingerprint density at radius 2 is 1.88 bits per heavy atom. The van der Waals surface area contributed by atoms with Crippen molar-refractivity contribution in [2.45, 2.75) is 12.5 Å². The fraction of sp³-hybridized carbons (Fsp3) is 0.263. The number of benzene rings is 2. The van der Waals surface area contributed by atoms with Crippen molar-refractivity contribution in [3.05, 3.63) is 54.1 Å². The van der Waals surface area contributed by atoms with E-state index in [1.165, 1.54) is 7.11 Å². The molecule has 1 heterocycles. The van der Waals surface area contributed by atoms with Crippen LogP contribution in [0.5, 0.6) is 11.5 Å². The van der Waals surface area contributed by atoms with E-state index in [0.29, 0.717) is 23.6 Å². The lowest BCUT2D eigenvalue weighted by molar-refractivity contribution is -0.117. The fourth-order valence-corrected chi connectivity index (χ4v) is 2.91. The molecule has 1 atom stereocenters. The average molecular weight is 340 g/mol. The second kappa shape index (κ2) is 7.25. The van der Waals surface area contributed by atoms with Gasteiger partial charge in [-0.1, -0.05) is 18.2 Å². The Balaban J connectivity index is 1.71. The predicted octanol–water partition coefficient (Wildman–Crippen LogP) is 2.24. The van der Waals surface area contributed by atoms with Crippen LogP contribution in [-0.4, -0.2) is 38.6 Å². The van der Waals surface area contributed by atoms with Gasteiger partial charge in [-0.25, -0.2) is 0 Å². The molecule has 6 nitrogen and oxygen atoms in total. The molecule has 2 aromatic rings. The van der Waals surface area contributed by atoms with Crippen molar-refractivity contribution in [1.29, 1.82) is 0 Å². The third kappa shape index (κ3) is 3.57. The van der Waals surface area contributed by atoms with Crippen LogP contribution in [0.15, 0.2) is 48.5 Å². The zero-order valence-electron chi connectivity index (χ0n) is 14.2. The van der Waals surface area contributed by atoms with E-state index in [0.717, 1.165) is 5.69 Å². The predicted molar refractivity (Wildman–Crippen MR) is 94.2 cm³/mol. The van der Waals surface area contributed by atoms with Gasteiger partial charge in [0.1, 0.15) is 11.5 Å². The van der Waals surface area contributed by atoms with E-state index in [-0.39, 0.29) is 24.3 Å². The molecule has 1 aliphatic heterocycles. The van der Waals surface area contributed by atoms with Crippen LogP contribution in [0.3, 0.4) is 0 Å². The van der Waals surface area contributed by atoms with Gasteiger partial charge >= 0.3 is 0 Å². The van der Waals surface area contributed by atoms with Gasteiger partial charge in [0, 0.05) is 24.7 Å². The van der Waals surface area contributed by atoms with Crippen LogP contribution in [0.1, 0.15) is 16.8 Å². The fourth-order valence-electron chi connectivity index (χ4n) is 2.91. The van der Waals surface area contributed by atoms with Gasteiger partial charge < -0.3 is 19.7 Å². The Bertz CT molecular complexity index is 776. The van der Waals surface area contributed by atoms with Gasteiger partial charge in [-0.15, -0.1) is 0 Å². The van der Waals surface area contributed by atoms with E-state index in [9.17, 15) is 9.59 Å². The first-order valence-electron chi connectivity index (χ1n) is 8.00. The highest BCUT2D eigenvalue weighted by atomic mass is 16.5. The quantitative estimate of drug-likeness (QED) is 0.906. The first-order valence-corrected chi connectivity index (χ1v) is 8.00. The van der Waals surface area contributed by atoms with Crippen molar-refractivity contribution in [2.75, 3.05) is 25.7 Å². The first kappa shape index (κ1) is 16.8. The summed E-state index contributed by atoms with van der Waals surface area (Å²) >= 11 is 0. The molecule has 1 N–H and O–H groups in total. The zero-order valence-corrected chi connectivity index (χ0v) is 14.2. The van der Waals surface area contributed by atoms with Gasteiger partial charge in [-0.3, -0.25) is 9.59 Å². The summed E-state index contributed by atoms with van der Waals surface area (Å²) in [5, 5.41) is 2.92. The number of carbonyl (C=O) groups is 2. The van der Waals surface area contributed by atoms with Gasteiger partial charge in [0.2, 0.25) is 5.91 Å². The Hall–Kier alpha value is -3.02. The van der Waals surface area contributed by atoms with Gasteiger partial charge in [0.15, 0.2) is 0 Å². The monoisotopic (exact) mass is 340 g/mol. The summed E-state index contributed by atoms with van der Waals surface area (Å²) in [5.41, 5.74) is 1.25. The number of amides is 2. The highest BCUT2D eigenvalue weighted by Crippen LogP contribution is 2.25. The average Bonchev–Trinajstić information content (AvgIpc) is 3.01. The van der Waals surface area contributed by atoms with Crippen molar-refractivity contribution in [3.63, 3.8) is 0 Å². The van der Waals surface area contributed by atoms with Gasteiger partial charge in [0.05, 0.1) is 25.8 Å². The van der Waals surface area contributed by atoms with Crippen molar-refractivity contribution in [1.82, 2.24) is 5.32 Å². The van der Waals surface area contributed by atoms with E-state index < -0.39 is 0 Å². The molecule has 0 spiro atoms. The van der Waals surface area contributed by atoms with Crippen LogP contribution in [0.4, 0.5) is 5.69 Å². The number of ether oxygens (including phenoxy) is 2. The second-order valence-electron chi connectivity index (χ2n) is 5.78. The van der Waals surface area contributed by atoms with Crippen molar-refractivity contribution < 1.29 is 19.1 Å². The molecule has 2 aromatic carbocycles. The zero-order chi connectivity index (χ0) is 17.8. The molecule has 0 unspecified atom stereocenters. The van der Waals surface area contributed by atoms with Gasteiger partial charge in [-0.2, -0.15) is 0 Å². The molecule has 1 fully saturated rings. The minimum atomic E-state index is -0.271. The van der Waals surface area contributed by atoms with Gasteiger partial charge in [-0.05, 0) is 24.3 Å². The molecule has 2 amide bonds. The highest BCUT2D eigenvalue weighted by molar-refractivity contribution is 6.00. The van der Waals surface area contributed by atoms with E-state index in [2.05, 4.69) is 5.32 Å². The maximum absolute atomic E-state index is 12.6. The second-order valence-corrected chi connectivity index (χ2v) is 5.78. The summed E-state index contributed by atoms with van der Waals surface area (Å²) in [6, 6.07) is 14.2. The minimum absolute atomic E-state index is 0.00167. The molecule has 1 saturated heterocycles. The summed E-state index contributed by atoms with van der Waals surface area (Å²) in [6.07, 6.45) is 0.277. The lowest BCUT2D eigenvalue weighted by atomic mass is 10.1. The smallest absolute Gasteiger partial charge is 0.255 e. The Kier molecular flexibility index (Phi) is 4.88. The minimum Gasteiger partial charge on any atom is -0.497 e. The number of rotatable bonds is 5.